The van der Waals surface area contributed by atoms with Crippen molar-refractivity contribution in [2.75, 3.05) is 0 Å². The van der Waals surface area contributed by atoms with Crippen molar-refractivity contribution in [3.8, 4) is 5.69 Å². The van der Waals surface area contributed by atoms with E-state index in [1.54, 1.807) is 0 Å². The van der Waals surface area contributed by atoms with E-state index in [1.165, 1.54) is 16.3 Å². The van der Waals surface area contributed by atoms with Crippen LogP contribution in [0.4, 0.5) is 0 Å². The fourth-order valence-corrected chi connectivity index (χ4v) is 3.24. The molecule has 1 heterocycles. The molecule has 0 aliphatic heterocycles. The van der Waals surface area contributed by atoms with Crippen molar-refractivity contribution in [1.29, 1.82) is 0 Å². The number of fused-ring (bicyclic) bond motifs is 1. The van der Waals surface area contributed by atoms with E-state index in [4.69, 9.17) is 23.2 Å². The first-order chi connectivity index (χ1) is 10.6. The molecule has 0 saturated carbocycles. The van der Waals surface area contributed by atoms with Gasteiger partial charge in [-0.25, -0.2) is 4.57 Å². The van der Waals surface area contributed by atoms with Crippen molar-refractivity contribution in [2.24, 2.45) is 0 Å². The summed E-state index contributed by atoms with van der Waals surface area (Å²) in [5, 5.41) is 3.54. The number of imidazole rings is 1. The Morgan fingerprint density at radius 3 is 2.64 bits per heavy atom. The molecule has 0 unspecified atom stereocenters. The Morgan fingerprint density at radius 1 is 1.09 bits per heavy atom. The highest BCUT2D eigenvalue weighted by Gasteiger charge is 2.23. The van der Waals surface area contributed by atoms with E-state index in [-0.39, 0.29) is 0 Å². The van der Waals surface area contributed by atoms with Crippen LogP contribution in [0, 0.1) is 6.92 Å². The first kappa shape index (κ1) is 15.4. The number of rotatable bonds is 4. The number of aromatic nitrogens is 2. The van der Waals surface area contributed by atoms with Crippen LogP contribution in [0.25, 0.3) is 16.5 Å². The smallest absolute Gasteiger partial charge is 0.219 e. The Hall–Kier alpha value is -1.51. The van der Waals surface area contributed by atoms with Gasteiger partial charge >= 0.3 is 0 Å². The lowest BCUT2D eigenvalue weighted by atomic mass is 10.0. The molecule has 0 spiro atoms. The molecule has 0 saturated heterocycles. The van der Waals surface area contributed by atoms with Crippen LogP contribution in [0.15, 0.2) is 42.7 Å². The minimum atomic E-state index is 0.567. The zero-order chi connectivity index (χ0) is 15.7. The predicted octanol–water partition coefficient (Wildman–Crippen LogP) is 5.33. The second-order valence-electron chi connectivity index (χ2n) is 5.57. The molecule has 22 heavy (non-hydrogen) atoms. The van der Waals surface area contributed by atoms with Gasteiger partial charge in [0.25, 0.3) is 16.6 Å². The first-order valence-electron chi connectivity index (χ1n) is 7.58. The van der Waals surface area contributed by atoms with Crippen LogP contribution in [0.3, 0.4) is 0 Å². The molecule has 0 radical (unpaired) electrons. The van der Waals surface area contributed by atoms with Crippen molar-refractivity contribution >= 4 is 34.0 Å². The van der Waals surface area contributed by atoms with Gasteiger partial charge in [0.05, 0.1) is 6.54 Å². The third kappa shape index (κ3) is 2.62. The quantitative estimate of drug-likeness (QED) is 0.570. The highest BCUT2D eigenvalue weighted by molar-refractivity contribution is 6.40. The van der Waals surface area contributed by atoms with Crippen molar-refractivity contribution in [3.63, 3.8) is 0 Å². The molecule has 4 heteroatoms. The molecule has 114 valence electrons. The van der Waals surface area contributed by atoms with Crippen LogP contribution in [0.1, 0.15) is 25.3 Å². The number of benzene rings is 2. The zero-order valence-corrected chi connectivity index (χ0v) is 14.3. The summed E-state index contributed by atoms with van der Waals surface area (Å²) in [6.07, 6.45) is 4.22. The largest absolute Gasteiger partial charge is 0.260 e. The molecule has 0 bridgehead atoms. The van der Waals surface area contributed by atoms with Crippen molar-refractivity contribution < 1.29 is 4.57 Å². The molecule has 3 aromatic rings. The van der Waals surface area contributed by atoms with E-state index in [9.17, 15) is 0 Å². The average Bonchev–Trinajstić information content (AvgIpc) is 2.81. The van der Waals surface area contributed by atoms with Gasteiger partial charge in [-0.2, -0.15) is 4.57 Å². The Labute approximate surface area is 140 Å². The van der Waals surface area contributed by atoms with Crippen LogP contribution >= 0.6 is 23.2 Å². The molecular formula is C18H19Cl2N2+. The van der Waals surface area contributed by atoms with Crippen molar-refractivity contribution in [3.05, 3.63) is 58.6 Å². The van der Waals surface area contributed by atoms with Crippen LogP contribution < -0.4 is 4.57 Å². The maximum absolute atomic E-state index is 6.51. The van der Waals surface area contributed by atoms with Crippen LogP contribution in [-0.2, 0) is 6.54 Å². The van der Waals surface area contributed by atoms with Crippen molar-refractivity contribution in [2.45, 2.75) is 33.2 Å². The van der Waals surface area contributed by atoms with Gasteiger partial charge in [-0.3, -0.25) is 0 Å². The molecule has 0 fully saturated rings. The maximum Gasteiger partial charge on any atom is 0.260 e. The highest BCUT2D eigenvalue weighted by atomic mass is 35.5. The summed E-state index contributed by atoms with van der Waals surface area (Å²) >= 11 is 12.9. The molecule has 1 aromatic heterocycles. The SMILES string of the molecule is CCCC[n+]1cn(-c2c(C)ccc3ccccc23)c(Cl)c1Cl. The standard InChI is InChI=1S/C18H19Cl2N2/c1-3-4-11-21-12-22(18(20)17(21)19)16-13(2)9-10-14-7-5-6-8-15(14)16/h5-10,12H,3-4,11H2,1-2H3/q+1. The number of aryl methyl sites for hydroxylation is 2. The molecule has 3 rings (SSSR count). The monoisotopic (exact) mass is 333 g/mol. The van der Waals surface area contributed by atoms with Gasteiger partial charge in [0.1, 0.15) is 5.69 Å². The molecule has 2 nitrogen and oxygen atoms in total. The lowest BCUT2D eigenvalue weighted by Gasteiger charge is -2.07. The molecule has 0 N–H and O–H groups in total. The van der Waals surface area contributed by atoms with Gasteiger partial charge < -0.3 is 0 Å². The Bertz CT molecular complexity index is 821. The second kappa shape index (κ2) is 6.31. The summed E-state index contributed by atoms with van der Waals surface area (Å²) in [4.78, 5) is 0. The highest BCUT2D eigenvalue weighted by Crippen LogP contribution is 2.30. The summed E-state index contributed by atoms with van der Waals surface area (Å²) in [5.41, 5.74) is 2.27. The van der Waals surface area contributed by atoms with E-state index in [0.29, 0.717) is 10.3 Å². The fraction of sp³-hybridized carbons (Fsp3) is 0.278. The van der Waals surface area contributed by atoms with Crippen LogP contribution in [0.2, 0.25) is 10.3 Å². The van der Waals surface area contributed by atoms with E-state index in [1.807, 2.05) is 21.5 Å². The van der Waals surface area contributed by atoms with Gasteiger partial charge in [0.15, 0.2) is 0 Å². The van der Waals surface area contributed by atoms with Gasteiger partial charge in [0.2, 0.25) is 0 Å². The number of unbranched alkanes of at least 4 members (excludes halogenated alkanes) is 1. The Morgan fingerprint density at radius 2 is 1.86 bits per heavy atom. The summed E-state index contributed by atoms with van der Waals surface area (Å²) in [6, 6.07) is 12.6. The maximum atomic E-state index is 6.51. The normalized spacial score (nSPS) is 11.3. The number of hydrogen-bond donors (Lipinski definition) is 0. The van der Waals surface area contributed by atoms with Gasteiger partial charge in [-0.1, -0.05) is 49.7 Å². The minimum Gasteiger partial charge on any atom is -0.219 e. The average molecular weight is 334 g/mol. The Balaban J connectivity index is 2.21. The van der Waals surface area contributed by atoms with E-state index in [2.05, 4.69) is 44.2 Å². The molecule has 0 aliphatic carbocycles. The van der Waals surface area contributed by atoms with Gasteiger partial charge in [-0.15, -0.1) is 0 Å². The summed E-state index contributed by atoms with van der Waals surface area (Å²) in [6.45, 7) is 5.15. The molecular weight excluding hydrogens is 315 g/mol. The molecule has 0 amide bonds. The zero-order valence-electron chi connectivity index (χ0n) is 12.8. The van der Waals surface area contributed by atoms with E-state index in [0.717, 1.165) is 25.1 Å². The number of nitrogens with zero attached hydrogens (tertiary/aromatic N) is 2. The second-order valence-corrected chi connectivity index (χ2v) is 6.28. The molecule has 0 atom stereocenters. The Kier molecular flexibility index (Phi) is 4.42. The predicted molar refractivity (Wildman–Crippen MR) is 93.1 cm³/mol. The fourth-order valence-electron chi connectivity index (χ4n) is 2.78. The first-order valence-corrected chi connectivity index (χ1v) is 8.33. The minimum absolute atomic E-state index is 0.567. The number of hydrogen-bond acceptors (Lipinski definition) is 0. The third-order valence-corrected chi connectivity index (χ3v) is 4.84. The van der Waals surface area contributed by atoms with Gasteiger partial charge in [0, 0.05) is 5.39 Å². The molecule has 2 aromatic carbocycles. The number of halogens is 2. The lowest BCUT2D eigenvalue weighted by Crippen LogP contribution is -2.32. The third-order valence-electron chi connectivity index (χ3n) is 3.98. The van der Waals surface area contributed by atoms with E-state index >= 15 is 0 Å². The topological polar surface area (TPSA) is 8.81 Å². The lowest BCUT2D eigenvalue weighted by molar-refractivity contribution is -0.694. The van der Waals surface area contributed by atoms with Crippen LogP contribution in [-0.4, -0.2) is 4.57 Å². The summed E-state index contributed by atoms with van der Waals surface area (Å²) < 4.78 is 4.02. The van der Waals surface area contributed by atoms with E-state index < -0.39 is 0 Å². The molecule has 0 aliphatic rings. The van der Waals surface area contributed by atoms with Gasteiger partial charge in [-0.05, 0) is 47.5 Å². The summed E-state index contributed by atoms with van der Waals surface area (Å²) in [5.74, 6) is 0. The van der Waals surface area contributed by atoms with Crippen LogP contribution in [0.5, 0.6) is 0 Å². The summed E-state index contributed by atoms with van der Waals surface area (Å²) in [7, 11) is 0. The van der Waals surface area contributed by atoms with Crippen molar-refractivity contribution in [1.82, 2.24) is 4.57 Å².